The van der Waals surface area contributed by atoms with Crippen molar-refractivity contribution in [2.24, 2.45) is 0 Å². The summed E-state index contributed by atoms with van der Waals surface area (Å²) in [6.07, 6.45) is 1.71. The van der Waals surface area contributed by atoms with Gasteiger partial charge in [-0.15, -0.1) is 4.48 Å². The lowest BCUT2D eigenvalue weighted by atomic mass is 9.99. The summed E-state index contributed by atoms with van der Waals surface area (Å²) in [4.78, 5) is 59.0. The quantitative estimate of drug-likeness (QED) is 0.289. The van der Waals surface area contributed by atoms with Crippen LogP contribution in [0, 0.1) is 5.82 Å². The van der Waals surface area contributed by atoms with E-state index in [1.807, 2.05) is 0 Å². The van der Waals surface area contributed by atoms with Crippen molar-refractivity contribution in [2.75, 3.05) is 53.3 Å². The number of carbonyl (C=O) groups is 4. The van der Waals surface area contributed by atoms with Crippen LogP contribution in [-0.2, 0) is 20.9 Å². The highest BCUT2D eigenvalue weighted by Crippen LogP contribution is 2.47. The van der Waals surface area contributed by atoms with Gasteiger partial charge < -0.3 is 14.5 Å². The standard InChI is InChI=1S/C30H37FN5O5/c1-19-15-35(20(2)14-34(19)16-21-8-10-22(31)11-9-21)25-12-23-24(28(38)29(39)32(3)4)17-36(18-37,30(40)33(5)6)26(23)13-27(25)41-7/h8-13,17-20H,14-16H2,1-7H3/q+1/t19-,20+,36?/m0/s1. The number of methoxy groups -OCH3 is 1. The van der Waals surface area contributed by atoms with Crippen LogP contribution in [0.1, 0.15) is 25.0 Å². The molecule has 4 rings (SSSR count). The first-order chi connectivity index (χ1) is 19.3. The minimum Gasteiger partial charge on any atom is -0.494 e. The molecule has 0 aromatic heterocycles. The molecule has 0 bridgehead atoms. The number of rotatable bonds is 7. The lowest BCUT2D eigenvalue weighted by Gasteiger charge is -2.45. The fourth-order valence-electron chi connectivity index (χ4n) is 5.51. The molecule has 218 valence electrons. The van der Waals surface area contributed by atoms with Crippen LogP contribution < -0.4 is 14.1 Å². The van der Waals surface area contributed by atoms with Gasteiger partial charge in [-0.3, -0.25) is 19.4 Å². The van der Waals surface area contributed by atoms with E-state index in [-0.39, 0.29) is 29.2 Å². The molecule has 10 nitrogen and oxygen atoms in total. The molecular weight excluding hydrogens is 529 g/mol. The molecule has 3 atom stereocenters. The van der Waals surface area contributed by atoms with Crippen molar-refractivity contribution in [1.29, 1.82) is 0 Å². The van der Waals surface area contributed by atoms with Crippen LogP contribution in [0.5, 0.6) is 5.75 Å². The molecule has 0 radical (unpaired) electrons. The number of imide groups is 1. The van der Waals surface area contributed by atoms with Crippen molar-refractivity contribution in [3.8, 4) is 5.75 Å². The molecule has 1 saturated heterocycles. The Bertz CT molecular complexity index is 1410. The molecule has 2 heterocycles. The minimum absolute atomic E-state index is 0.0134. The Balaban J connectivity index is 1.77. The highest BCUT2D eigenvalue weighted by Gasteiger charge is 2.50. The third-order valence-corrected chi connectivity index (χ3v) is 7.75. The van der Waals surface area contributed by atoms with Crippen LogP contribution in [0.25, 0.3) is 5.57 Å². The van der Waals surface area contributed by atoms with E-state index in [0.29, 0.717) is 43.0 Å². The third kappa shape index (κ3) is 5.34. The number of fused-ring (bicyclic) bond motifs is 1. The lowest BCUT2D eigenvalue weighted by Crippen LogP contribution is -2.56. The smallest absolute Gasteiger partial charge is 0.435 e. The summed E-state index contributed by atoms with van der Waals surface area (Å²) in [5.74, 6) is -1.41. The lowest BCUT2D eigenvalue weighted by molar-refractivity contribution is -0.139. The van der Waals surface area contributed by atoms with Gasteiger partial charge in [0.1, 0.15) is 17.8 Å². The van der Waals surface area contributed by atoms with Crippen LogP contribution in [0.4, 0.5) is 20.6 Å². The highest BCUT2D eigenvalue weighted by molar-refractivity contribution is 6.54. The van der Waals surface area contributed by atoms with E-state index in [4.69, 9.17) is 4.74 Å². The number of halogens is 1. The normalized spacial score (nSPS) is 22.0. The summed E-state index contributed by atoms with van der Waals surface area (Å²) < 4.78 is 18.3. The Morgan fingerprint density at radius 1 is 1.02 bits per heavy atom. The zero-order valence-corrected chi connectivity index (χ0v) is 24.6. The van der Waals surface area contributed by atoms with Crippen LogP contribution in [0.15, 0.2) is 42.6 Å². The van der Waals surface area contributed by atoms with E-state index in [1.54, 1.807) is 24.3 Å². The Morgan fingerprint density at radius 3 is 2.24 bits per heavy atom. The van der Waals surface area contributed by atoms with Crippen molar-refractivity contribution in [3.05, 3.63) is 59.5 Å². The predicted octanol–water partition coefficient (Wildman–Crippen LogP) is 3.09. The molecule has 2 aliphatic heterocycles. The molecule has 4 amide bonds. The second kappa shape index (κ2) is 11.4. The Morgan fingerprint density at radius 2 is 1.68 bits per heavy atom. The number of carbonyl (C=O) groups excluding carboxylic acids is 4. The van der Waals surface area contributed by atoms with Crippen LogP contribution in [0.3, 0.4) is 0 Å². The van der Waals surface area contributed by atoms with Crippen LogP contribution in [0.2, 0.25) is 0 Å². The number of likely N-dealkylation sites (N-methyl/N-ethyl adjacent to an activating group) is 1. The fourth-order valence-corrected chi connectivity index (χ4v) is 5.51. The third-order valence-electron chi connectivity index (χ3n) is 7.75. The number of hydrogen-bond donors (Lipinski definition) is 0. The second-order valence-corrected chi connectivity index (χ2v) is 11.1. The molecule has 1 unspecified atom stereocenters. The van der Waals surface area contributed by atoms with Gasteiger partial charge in [0, 0.05) is 66.0 Å². The number of ether oxygens (including phenoxy) is 1. The highest BCUT2D eigenvalue weighted by atomic mass is 19.1. The molecule has 11 heteroatoms. The molecule has 0 N–H and O–H groups in total. The molecule has 2 aromatic rings. The van der Waals surface area contributed by atoms with Crippen LogP contribution in [-0.4, -0.2) is 99.3 Å². The Hall–Kier alpha value is -4.09. The summed E-state index contributed by atoms with van der Waals surface area (Å²) in [7, 11) is 7.49. The number of Topliss-reactive ketones (excluding diaryl/α,β-unsaturated/α-hetero) is 1. The van der Waals surface area contributed by atoms with E-state index in [1.165, 1.54) is 63.4 Å². The van der Waals surface area contributed by atoms with Crippen molar-refractivity contribution in [1.82, 2.24) is 19.2 Å². The molecule has 1 fully saturated rings. The number of urea groups is 1. The maximum Gasteiger partial charge on any atom is 0.435 e. The molecule has 0 spiro atoms. The van der Waals surface area contributed by atoms with Gasteiger partial charge in [0.05, 0.1) is 23.9 Å². The van der Waals surface area contributed by atoms with Gasteiger partial charge in [0.25, 0.3) is 11.7 Å². The van der Waals surface area contributed by atoms with Crippen molar-refractivity contribution >= 4 is 41.1 Å². The van der Waals surface area contributed by atoms with Crippen LogP contribution >= 0.6 is 0 Å². The van der Waals surface area contributed by atoms with Gasteiger partial charge >= 0.3 is 12.4 Å². The summed E-state index contributed by atoms with van der Waals surface area (Å²) in [6, 6.07) is 9.38. The number of nitrogens with zero attached hydrogens (tertiary/aromatic N) is 5. The summed E-state index contributed by atoms with van der Waals surface area (Å²) >= 11 is 0. The predicted molar refractivity (Wildman–Crippen MR) is 155 cm³/mol. The van der Waals surface area contributed by atoms with Gasteiger partial charge in [-0.25, -0.2) is 14.0 Å². The maximum atomic E-state index is 13.4. The number of amides is 4. The SMILES string of the molecule is COc1cc2c(cc1N1C[C@H](C)N(Cc3ccc(F)cc3)C[C@H]1C)C(C(=O)C(=O)N(C)C)=C[N+]2(C=O)C(=O)N(C)C. The van der Waals surface area contributed by atoms with Gasteiger partial charge in [-0.1, -0.05) is 12.1 Å². The van der Waals surface area contributed by atoms with Crippen molar-refractivity contribution in [3.63, 3.8) is 0 Å². The van der Waals surface area contributed by atoms with Gasteiger partial charge in [0.15, 0.2) is 5.69 Å². The van der Waals surface area contributed by atoms with Gasteiger partial charge in [0.2, 0.25) is 0 Å². The first-order valence-electron chi connectivity index (χ1n) is 13.4. The molecule has 2 aliphatic rings. The minimum atomic E-state index is -0.905. The molecule has 41 heavy (non-hydrogen) atoms. The monoisotopic (exact) mass is 566 g/mol. The van der Waals surface area contributed by atoms with Gasteiger partial charge in [-0.05, 0) is 37.6 Å². The summed E-state index contributed by atoms with van der Waals surface area (Å²) in [6.45, 7) is 6.17. The second-order valence-electron chi connectivity index (χ2n) is 11.1. The first-order valence-corrected chi connectivity index (χ1v) is 13.4. The number of piperazine rings is 1. The molecule has 0 aliphatic carbocycles. The van der Waals surface area contributed by atoms with Crippen molar-refractivity contribution < 1.29 is 28.3 Å². The number of anilines is 1. The Kier molecular flexibility index (Phi) is 8.32. The average Bonchev–Trinajstić information content (AvgIpc) is 3.28. The van der Waals surface area contributed by atoms with E-state index in [0.717, 1.165) is 5.56 Å². The van der Waals surface area contributed by atoms with E-state index in [9.17, 15) is 23.6 Å². The van der Waals surface area contributed by atoms with E-state index in [2.05, 4.69) is 23.6 Å². The first kappa shape index (κ1) is 29.9. The average molecular weight is 567 g/mol. The number of ketones is 1. The Labute approximate surface area is 239 Å². The number of hydrogen-bond acceptors (Lipinski definition) is 7. The maximum absolute atomic E-state index is 13.4. The van der Waals surface area contributed by atoms with Crippen molar-refractivity contribution in [2.45, 2.75) is 32.5 Å². The number of quaternary nitrogens is 1. The van der Waals surface area contributed by atoms with E-state index < -0.39 is 22.2 Å². The van der Waals surface area contributed by atoms with Gasteiger partial charge in [-0.2, -0.15) is 0 Å². The largest absolute Gasteiger partial charge is 0.494 e. The molecule has 2 aromatic carbocycles. The molecular formula is C30H37FN5O5+. The zero-order valence-electron chi connectivity index (χ0n) is 24.6. The zero-order chi connectivity index (χ0) is 30.2. The number of benzene rings is 2. The summed E-state index contributed by atoms with van der Waals surface area (Å²) in [5, 5.41) is 0. The fraction of sp³-hybridized carbons (Fsp3) is 0.400. The summed E-state index contributed by atoms with van der Waals surface area (Å²) in [5.41, 5.74) is 2.26. The molecule has 0 saturated carbocycles. The topological polar surface area (TPSA) is 90.5 Å². The van der Waals surface area contributed by atoms with E-state index >= 15 is 0 Å².